The number of benzene rings is 1. The average Bonchev–Trinajstić information content (AvgIpc) is 3.35. The molecule has 1 aromatic carbocycles. The lowest BCUT2D eigenvalue weighted by molar-refractivity contribution is 0.686. The largest absolute Gasteiger partial charge is 0.365 e. The summed E-state index contributed by atoms with van der Waals surface area (Å²) in [4.78, 5) is 8.75. The van der Waals surface area contributed by atoms with Crippen molar-refractivity contribution in [3.05, 3.63) is 84.7 Å². The Labute approximate surface area is 145 Å². The van der Waals surface area contributed by atoms with Crippen LogP contribution in [0.3, 0.4) is 0 Å². The van der Waals surface area contributed by atoms with Gasteiger partial charge in [-0.25, -0.2) is 9.67 Å². The van der Waals surface area contributed by atoms with E-state index < -0.39 is 0 Å². The molecule has 7 nitrogen and oxygen atoms in total. The van der Waals surface area contributed by atoms with Gasteiger partial charge in [0, 0.05) is 31.3 Å². The van der Waals surface area contributed by atoms with Gasteiger partial charge in [-0.1, -0.05) is 24.3 Å². The third kappa shape index (κ3) is 3.72. The van der Waals surface area contributed by atoms with E-state index in [0.29, 0.717) is 18.2 Å². The van der Waals surface area contributed by atoms with E-state index >= 15 is 0 Å². The minimum absolute atomic E-state index is 0.671. The Balaban J connectivity index is 1.44. The number of aromatic nitrogens is 6. The fraction of sp³-hybridized carbons (Fsp3) is 0.111. The minimum Gasteiger partial charge on any atom is -0.365 e. The molecule has 0 amide bonds. The lowest BCUT2D eigenvalue weighted by Crippen LogP contribution is -2.06. The maximum Gasteiger partial charge on any atom is 0.173 e. The van der Waals surface area contributed by atoms with Crippen molar-refractivity contribution in [2.24, 2.45) is 0 Å². The fourth-order valence-electron chi connectivity index (χ4n) is 2.57. The minimum atomic E-state index is 0.671. The Morgan fingerprint density at radius 3 is 2.64 bits per heavy atom. The second kappa shape index (κ2) is 6.96. The van der Waals surface area contributed by atoms with Crippen molar-refractivity contribution in [3.8, 4) is 5.82 Å². The highest BCUT2D eigenvalue weighted by Gasteiger charge is 2.02. The van der Waals surface area contributed by atoms with Crippen LogP contribution in [-0.2, 0) is 13.1 Å². The molecule has 0 bridgehead atoms. The standard InChI is InChI=1S/C18H17N7/c1-4-15(10-16(5-1)14-24-8-2-6-21-24)11-20-17-12-19-13-18(23-17)25-9-3-7-22-25/h1-10,12-13H,11,14H2,(H,20,23). The number of hydrogen-bond acceptors (Lipinski definition) is 5. The van der Waals surface area contributed by atoms with Crippen LogP contribution in [0.1, 0.15) is 11.1 Å². The highest BCUT2D eigenvalue weighted by Crippen LogP contribution is 2.11. The Kier molecular flexibility index (Phi) is 4.20. The van der Waals surface area contributed by atoms with E-state index in [2.05, 4.69) is 49.7 Å². The number of nitrogens with zero attached hydrogens (tertiary/aromatic N) is 6. The van der Waals surface area contributed by atoms with Gasteiger partial charge in [-0.05, 0) is 23.3 Å². The summed E-state index contributed by atoms with van der Waals surface area (Å²) in [5, 5.41) is 11.7. The summed E-state index contributed by atoms with van der Waals surface area (Å²) in [6.45, 7) is 1.43. The third-order valence-electron chi connectivity index (χ3n) is 3.73. The fourth-order valence-corrected chi connectivity index (χ4v) is 2.57. The first-order chi connectivity index (χ1) is 12.4. The molecule has 25 heavy (non-hydrogen) atoms. The molecule has 0 radical (unpaired) electrons. The summed E-state index contributed by atoms with van der Waals surface area (Å²) in [5.41, 5.74) is 2.38. The highest BCUT2D eigenvalue weighted by molar-refractivity contribution is 5.37. The van der Waals surface area contributed by atoms with Gasteiger partial charge in [0.25, 0.3) is 0 Å². The smallest absolute Gasteiger partial charge is 0.173 e. The Morgan fingerprint density at radius 2 is 1.80 bits per heavy atom. The van der Waals surface area contributed by atoms with E-state index in [-0.39, 0.29) is 0 Å². The zero-order chi connectivity index (χ0) is 16.9. The second-order valence-corrected chi connectivity index (χ2v) is 5.59. The molecule has 0 fully saturated rings. The molecule has 0 unspecified atom stereocenters. The highest BCUT2D eigenvalue weighted by atomic mass is 15.3. The molecule has 0 aliphatic carbocycles. The second-order valence-electron chi connectivity index (χ2n) is 5.59. The molecule has 0 spiro atoms. The van der Waals surface area contributed by atoms with Gasteiger partial charge in [0.2, 0.25) is 0 Å². The van der Waals surface area contributed by atoms with E-state index in [4.69, 9.17) is 0 Å². The number of hydrogen-bond donors (Lipinski definition) is 1. The van der Waals surface area contributed by atoms with Crippen LogP contribution in [0.2, 0.25) is 0 Å². The molecular formula is C18H17N7. The van der Waals surface area contributed by atoms with Crippen LogP contribution >= 0.6 is 0 Å². The quantitative estimate of drug-likeness (QED) is 0.588. The third-order valence-corrected chi connectivity index (χ3v) is 3.73. The molecule has 0 saturated heterocycles. The van der Waals surface area contributed by atoms with Crippen molar-refractivity contribution in [2.75, 3.05) is 5.32 Å². The van der Waals surface area contributed by atoms with Crippen LogP contribution in [-0.4, -0.2) is 29.5 Å². The van der Waals surface area contributed by atoms with Gasteiger partial charge in [0.05, 0.1) is 18.9 Å². The summed E-state index contributed by atoms with van der Waals surface area (Å²) < 4.78 is 3.59. The molecule has 0 aliphatic heterocycles. The normalized spacial score (nSPS) is 10.7. The molecule has 3 heterocycles. The first-order valence-electron chi connectivity index (χ1n) is 7.98. The van der Waals surface area contributed by atoms with Crippen LogP contribution in [0.25, 0.3) is 5.82 Å². The Bertz CT molecular complexity index is 930. The van der Waals surface area contributed by atoms with Crippen LogP contribution in [0.4, 0.5) is 5.82 Å². The topological polar surface area (TPSA) is 73.5 Å². The van der Waals surface area contributed by atoms with Gasteiger partial charge in [0.15, 0.2) is 5.82 Å². The van der Waals surface area contributed by atoms with Gasteiger partial charge < -0.3 is 5.32 Å². The van der Waals surface area contributed by atoms with Crippen molar-refractivity contribution in [3.63, 3.8) is 0 Å². The SMILES string of the molecule is c1cc(CNc2cncc(-n3cccn3)n2)cc(Cn2cccn2)c1. The van der Waals surface area contributed by atoms with Crippen molar-refractivity contribution >= 4 is 5.82 Å². The van der Waals surface area contributed by atoms with Crippen LogP contribution in [0.15, 0.2) is 73.6 Å². The van der Waals surface area contributed by atoms with E-state index in [1.54, 1.807) is 29.5 Å². The molecule has 4 aromatic rings. The van der Waals surface area contributed by atoms with E-state index in [9.17, 15) is 0 Å². The molecule has 0 saturated carbocycles. The summed E-state index contributed by atoms with van der Waals surface area (Å²) in [6, 6.07) is 12.2. The summed E-state index contributed by atoms with van der Waals surface area (Å²) in [5.74, 6) is 1.40. The average molecular weight is 331 g/mol. The van der Waals surface area contributed by atoms with Gasteiger partial charge in [0.1, 0.15) is 5.82 Å². The summed E-state index contributed by atoms with van der Waals surface area (Å²) in [6.07, 6.45) is 10.7. The monoisotopic (exact) mass is 331 g/mol. The lowest BCUT2D eigenvalue weighted by Gasteiger charge is -2.09. The van der Waals surface area contributed by atoms with Gasteiger partial charge in [-0.15, -0.1) is 0 Å². The van der Waals surface area contributed by atoms with Gasteiger partial charge in [-0.3, -0.25) is 9.67 Å². The van der Waals surface area contributed by atoms with Crippen LogP contribution < -0.4 is 5.32 Å². The molecule has 0 aliphatic rings. The summed E-state index contributed by atoms with van der Waals surface area (Å²) in [7, 11) is 0. The molecule has 124 valence electrons. The number of nitrogens with one attached hydrogen (secondary N) is 1. The summed E-state index contributed by atoms with van der Waals surface area (Å²) >= 11 is 0. The molecule has 1 N–H and O–H groups in total. The Hall–Kier alpha value is -3.48. The predicted molar refractivity (Wildman–Crippen MR) is 94.3 cm³/mol. The van der Waals surface area contributed by atoms with E-state index in [1.165, 1.54) is 11.1 Å². The van der Waals surface area contributed by atoms with E-state index in [0.717, 1.165) is 6.54 Å². The van der Waals surface area contributed by atoms with Crippen LogP contribution in [0.5, 0.6) is 0 Å². The van der Waals surface area contributed by atoms with E-state index in [1.807, 2.05) is 29.2 Å². The first-order valence-corrected chi connectivity index (χ1v) is 7.98. The van der Waals surface area contributed by atoms with Gasteiger partial charge in [-0.2, -0.15) is 10.2 Å². The molecular weight excluding hydrogens is 314 g/mol. The molecule has 3 aromatic heterocycles. The molecule has 0 atom stereocenters. The predicted octanol–water partition coefficient (Wildman–Crippen LogP) is 2.52. The maximum atomic E-state index is 4.53. The zero-order valence-electron chi connectivity index (χ0n) is 13.5. The number of rotatable bonds is 6. The first kappa shape index (κ1) is 15.1. The van der Waals surface area contributed by atoms with Crippen molar-refractivity contribution in [1.82, 2.24) is 29.5 Å². The number of anilines is 1. The van der Waals surface area contributed by atoms with Gasteiger partial charge >= 0.3 is 0 Å². The van der Waals surface area contributed by atoms with Crippen molar-refractivity contribution < 1.29 is 0 Å². The molecule has 4 rings (SSSR count). The maximum absolute atomic E-state index is 4.53. The van der Waals surface area contributed by atoms with Crippen molar-refractivity contribution in [1.29, 1.82) is 0 Å². The van der Waals surface area contributed by atoms with Crippen LogP contribution in [0, 0.1) is 0 Å². The zero-order valence-corrected chi connectivity index (χ0v) is 13.5. The lowest BCUT2D eigenvalue weighted by atomic mass is 10.1. The molecule has 7 heteroatoms. The Morgan fingerprint density at radius 1 is 0.920 bits per heavy atom. The van der Waals surface area contributed by atoms with Crippen molar-refractivity contribution in [2.45, 2.75) is 13.1 Å².